The van der Waals surface area contributed by atoms with Crippen LogP contribution >= 0.6 is 0 Å². The number of carbonyl (C=O) groups excluding carboxylic acids is 1. The summed E-state index contributed by atoms with van der Waals surface area (Å²) in [6.45, 7) is 2.63. The highest BCUT2D eigenvalue weighted by Gasteiger charge is 2.25. The minimum absolute atomic E-state index is 0.0561. The Morgan fingerprint density at radius 2 is 1.89 bits per heavy atom. The van der Waals surface area contributed by atoms with Crippen molar-refractivity contribution in [3.63, 3.8) is 0 Å². The molecule has 3 nitrogen and oxygen atoms in total. The molecule has 0 radical (unpaired) electrons. The van der Waals surface area contributed by atoms with Crippen LogP contribution in [-0.4, -0.2) is 25.4 Å². The van der Waals surface area contributed by atoms with E-state index in [1.165, 1.54) is 24.2 Å². The Hall–Kier alpha value is -1.66. The Labute approximate surface area is 108 Å². The second-order valence-electron chi connectivity index (χ2n) is 4.93. The molecule has 0 unspecified atom stereocenters. The normalized spacial score (nSPS) is 17.9. The molecular formula is C15H19N2O+. The number of nitrogens with one attached hydrogen (secondary N) is 1. The minimum Gasteiger partial charge on any atom is -0.329 e. The third kappa shape index (κ3) is 3.18. The van der Waals surface area contributed by atoms with E-state index in [1.807, 2.05) is 30.3 Å². The predicted molar refractivity (Wildman–Crippen MR) is 69.2 cm³/mol. The molecule has 1 aromatic carbocycles. The van der Waals surface area contributed by atoms with Gasteiger partial charge in [-0.3, -0.25) is 4.79 Å². The quantitative estimate of drug-likeness (QED) is 0.855. The summed E-state index contributed by atoms with van der Waals surface area (Å²) in [6, 6.07) is 11.5. The number of quaternary nitrogens is 1. The fourth-order valence-corrected chi connectivity index (χ4v) is 2.55. The van der Waals surface area contributed by atoms with E-state index in [-0.39, 0.29) is 5.78 Å². The molecule has 1 aromatic rings. The first-order valence-corrected chi connectivity index (χ1v) is 6.62. The number of hydrogen-bond donors (Lipinski definition) is 1. The molecule has 0 amide bonds. The maximum atomic E-state index is 12.2. The minimum atomic E-state index is -0.597. The van der Waals surface area contributed by atoms with Gasteiger partial charge in [-0.15, -0.1) is 0 Å². The van der Waals surface area contributed by atoms with Crippen molar-refractivity contribution in [3.05, 3.63) is 35.9 Å². The van der Waals surface area contributed by atoms with Crippen molar-refractivity contribution in [2.75, 3.05) is 19.6 Å². The van der Waals surface area contributed by atoms with Crippen LogP contribution in [0.15, 0.2) is 30.3 Å². The van der Waals surface area contributed by atoms with E-state index in [0.29, 0.717) is 6.54 Å². The highest BCUT2D eigenvalue weighted by molar-refractivity contribution is 5.89. The lowest BCUT2D eigenvalue weighted by Crippen LogP contribution is -3.13. The lowest BCUT2D eigenvalue weighted by atomic mass is 9.95. The van der Waals surface area contributed by atoms with Crippen molar-refractivity contribution in [3.8, 4) is 6.07 Å². The first-order chi connectivity index (χ1) is 8.81. The molecule has 0 saturated carbocycles. The fourth-order valence-electron chi connectivity index (χ4n) is 2.55. The maximum Gasteiger partial charge on any atom is 0.208 e. The summed E-state index contributed by atoms with van der Waals surface area (Å²) in [7, 11) is 0. The van der Waals surface area contributed by atoms with Crippen LogP contribution in [0, 0.1) is 11.3 Å². The van der Waals surface area contributed by atoms with Crippen LogP contribution in [0.5, 0.6) is 0 Å². The van der Waals surface area contributed by atoms with Crippen molar-refractivity contribution in [1.29, 1.82) is 5.26 Å². The van der Waals surface area contributed by atoms with Gasteiger partial charge in [-0.25, -0.2) is 0 Å². The van der Waals surface area contributed by atoms with Gasteiger partial charge in [0.25, 0.3) is 0 Å². The van der Waals surface area contributed by atoms with Gasteiger partial charge in [0.2, 0.25) is 5.78 Å². The van der Waals surface area contributed by atoms with Crippen molar-refractivity contribution in [1.82, 2.24) is 0 Å². The number of rotatable bonds is 4. The maximum absolute atomic E-state index is 12.2. The number of hydrogen-bond acceptors (Lipinski definition) is 2. The van der Waals surface area contributed by atoms with Gasteiger partial charge in [0.1, 0.15) is 12.5 Å². The molecule has 0 bridgehead atoms. The number of ketones is 1. The first kappa shape index (κ1) is 12.8. The molecule has 1 atom stereocenters. The van der Waals surface area contributed by atoms with E-state index in [9.17, 15) is 10.1 Å². The summed E-state index contributed by atoms with van der Waals surface area (Å²) in [4.78, 5) is 13.5. The second kappa shape index (κ2) is 6.32. The monoisotopic (exact) mass is 243 g/mol. The third-order valence-electron chi connectivity index (χ3n) is 3.57. The van der Waals surface area contributed by atoms with Crippen molar-refractivity contribution in [2.45, 2.75) is 25.2 Å². The summed E-state index contributed by atoms with van der Waals surface area (Å²) in [5.41, 5.74) is 0.821. The number of piperidine rings is 1. The van der Waals surface area contributed by atoms with E-state index >= 15 is 0 Å². The molecule has 1 fully saturated rings. The number of nitrogens with zero attached hydrogens (tertiary/aromatic N) is 1. The topological polar surface area (TPSA) is 45.3 Å². The molecule has 0 aliphatic carbocycles. The zero-order valence-corrected chi connectivity index (χ0v) is 10.6. The van der Waals surface area contributed by atoms with Crippen LogP contribution in [0.3, 0.4) is 0 Å². The number of carbonyl (C=O) groups is 1. The van der Waals surface area contributed by atoms with Crippen LogP contribution in [0.2, 0.25) is 0 Å². The van der Waals surface area contributed by atoms with Crippen molar-refractivity contribution >= 4 is 5.78 Å². The molecular weight excluding hydrogens is 224 g/mol. The predicted octanol–water partition coefficient (Wildman–Crippen LogP) is 0.932. The Morgan fingerprint density at radius 3 is 2.50 bits per heavy atom. The third-order valence-corrected chi connectivity index (χ3v) is 3.57. The molecule has 94 valence electrons. The fraction of sp³-hybridized carbons (Fsp3) is 0.467. The molecule has 1 aliphatic rings. The second-order valence-corrected chi connectivity index (χ2v) is 4.93. The van der Waals surface area contributed by atoms with E-state index in [4.69, 9.17) is 0 Å². The van der Waals surface area contributed by atoms with Crippen molar-refractivity contribution < 1.29 is 9.69 Å². The molecule has 1 heterocycles. The Bertz CT molecular complexity index is 430. The summed E-state index contributed by atoms with van der Waals surface area (Å²) in [6.07, 6.45) is 3.67. The molecule has 3 heteroatoms. The van der Waals surface area contributed by atoms with E-state index in [0.717, 1.165) is 18.7 Å². The van der Waals surface area contributed by atoms with Crippen LogP contribution in [0.1, 0.15) is 30.7 Å². The Kier molecular flexibility index (Phi) is 4.49. The van der Waals surface area contributed by atoms with Crippen LogP contribution < -0.4 is 4.90 Å². The number of benzene rings is 1. The summed E-state index contributed by atoms with van der Waals surface area (Å²) < 4.78 is 0. The van der Waals surface area contributed by atoms with Gasteiger partial charge in [-0.05, 0) is 24.8 Å². The number of likely N-dealkylation sites (tertiary alicyclic amines) is 1. The summed E-state index contributed by atoms with van der Waals surface area (Å²) in [5.74, 6) is -0.541. The van der Waals surface area contributed by atoms with Crippen LogP contribution in [0.4, 0.5) is 0 Å². The highest BCUT2D eigenvalue weighted by Crippen LogP contribution is 2.14. The van der Waals surface area contributed by atoms with Gasteiger partial charge in [0.15, 0.2) is 0 Å². The van der Waals surface area contributed by atoms with E-state index < -0.39 is 5.92 Å². The highest BCUT2D eigenvalue weighted by atomic mass is 16.1. The van der Waals surface area contributed by atoms with Crippen LogP contribution in [-0.2, 0) is 4.79 Å². The zero-order valence-electron chi connectivity index (χ0n) is 10.6. The van der Waals surface area contributed by atoms with Gasteiger partial charge < -0.3 is 4.90 Å². The van der Waals surface area contributed by atoms with E-state index in [1.54, 1.807) is 0 Å². The molecule has 18 heavy (non-hydrogen) atoms. The lowest BCUT2D eigenvalue weighted by Gasteiger charge is -2.23. The molecule has 2 rings (SSSR count). The SMILES string of the molecule is N#C[C@H](C(=O)C[NH+]1CCCCC1)c1ccccc1. The number of Topliss-reactive ketones (excluding diaryl/α,β-unsaturated/α-hetero) is 1. The standard InChI is InChI=1S/C15H18N2O/c16-11-14(13-7-3-1-4-8-13)15(18)12-17-9-5-2-6-10-17/h1,3-4,7-8,14H,2,5-6,9-10,12H2/p+1/t14-/m0/s1. The first-order valence-electron chi connectivity index (χ1n) is 6.62. The Morgan fingerprint density at radius 1 is 1.22 bits per heavy atom. The van der Waals surface area contributed by atoms with Crippen molar-refractivity contribution in [2.24, 2.45) is 0 Å². The smallest absolute Gasteiger partial charge is 0.208 e. The molecule has 0 aromatic heterocycles. The largest absolute Gasteiger partial charge is 0.329 e. The zero-order chi connectivity index (χ0) is 12.8. The van der Waals surface area contributed by atoms with Gasteiger partial charge in [0, 0.05) is 0 Å². The van der Waals surface area contributed by atoms with E-state index in [2.05, 4.69) is 6.07 Å². The molecule has 1 saturated heterocycles. The number of nitriles is 1. The average Bonchev–Trinajstić information content (AvgIpc) is 2.42. The van der Waals surface area contributed by atoms with Gasteiger partial charge in [-0.1, -0.05) is 30.3 Å². The Balaban J connectivity index is 2.00. The average molecular weight is 243 g/mol. The summed E-state index contributed by atoms with van der Waals surface area (Å²) in [5, 5.41) is 9.20. The molecule has 1 aliphatic heterocycles. The lowest BCUT2D eigenvalue weighted by molar-refractivity contribution is -0.896. The van der Waals surface area contributed by atoms with Crippen LogP contribution in [0.25, 0.3) is 0 Å². The summed E-state index contributed by atoms with van der Waals surface area (Å²) >= 11 is 0. The molecule has 0 spiro atoms. The van der Waals surface area contributed by atoms with Gasteiger partial charge in [-0.2, -0.15) is 5.26 Å². The van der Waals surface area contributed by atoms with Gasteiger partial charge in [0.05, 0.1) is 19.2 Å². The molecule has 1 N–H and O–H groups in total. The van der Waals surface area contributed by atoms with Gasteiger partial charge >= 0.3 is 0 Å².